The van der Waals surface area contributed by atoms with Crippen molar-refractivity contribution in [3.8, 4) is 0 Å². The van der Waals surface area contributed by atoms with Gasteiger partial charge in [-0.15, -0.1) is 0 Å². The molecule has 2 heterocycles. The molecule has 1 atom stereocenters. The van der Waals surface area contributed by atoms with Gasteiger partial charge in [0.15, 0.2) is 5.84 Å². The van der Waals surface area contributed by atoms with Gasteiger partial charge < -0.3 is 5.11 Å². The van der Waals surface area contributed by atoms with E-state index in [0.717, 1.165) is 0 Å². The number of aliphatic imine (C=N–C) groups is 1. The maximum atomic E-state index is 12.3. The summed E-state index contributed by atoms with van der Waals surface area (Å²) in [5.41, 5.74) is -0.500. The van der Waals surface area contributed by atoms with Crippen LogP contribution in [0.2, 0.25) is 0 Å². The molecule has 0 bridgehead atoms. The van der Waals surface area contributed by atoms with Crippen LogP contribution in [0.1, 0.15) is 37.0 Å². The fraction of sp³-hybridized carbons (Fsp3) is 0.429. The normalized spacial score (nSPS) is 22.4. The van der Waals surface area contributed by atoms with E-state index in [-0.39, 0.29) is 17.5 Å². The monoisotopic (exact) mass is 275 g/mol. The Morgan fingerprint density at radius 3 is 2.55 bits per heavy atom. The van der Waals surface area contributed by atoms with Crippen LogP contribution in [0.3, 0.4) is 0 Å². The standard InChI is InChI=1S/C14H17N3O3/c1-8(2)14(3)13(20)17(4)11(16-14)9-6-5-7-10(15-9)12(18)19/h5-8H,1-4H3,(H,18,19)/t14-/m0/s1. The Kier molecular flexibility index (Phi) is 3.33. The number of carbonyl (C=O) groups excluding carboxylic acids is 1. The summed E-state index contributed by atoms with van der Waals surface area (Å²) in [6.07, 6.45) is 0. The zero-order chi connectivity index (χ0) is 15.1. The molecule has 0 spiro atoms. The lowest BCUT2D eigenvalue weighted by molar-refractivity contribution is -0.131. The van der Waals surface area contributed by atoms with Crippen molar-refractivity contribution in [3.63, 3.8) is 0 Å². The first kappa shape index (κ1) is 14.2. The number of carbonyl (C=O) groups is 2. The number of likely N-dealkylation sites (N-methyl/N-ethyl adjacent to an activating group) is 1. The van der Waals surface area contributed by atoms with Crippen molar-refractivity contribution in [2.45, 2.75) is 26.3 Å². The lowest BCUT2D eigenvalue weighted by Gasteiger charge is -2.23. The van der Waals surface area contributed by atoms with Crippen LogP contribution in [0.4, 0.5) is 0 Å². The van der Waals surface area contributed by atoms with E-state index in [4.69, 9.17) is 5.11 Å². The highest BCUT2D eigenvalue weighted by Gasteiger charge is 2.45. The highest BCUT2D eigenvalue weighted by Crippen LogP contribution is 2.30. The number of nitrogens with zero attached hydrogens (tertiary/aromatic N) is 3. The summed E-state index contributed by atoms with van der Waals surface area (Å²) in [6, 6.07) is 4.66. The average Bonchev–Trinajstić information content (AvgIpc) is 2.65. The van der Waals surface area contributed by atoms with Crippen molar-refractivity contribution in [2.24, 2.45) is 10.9 Å². The quantitative estimate of drug-likeness (QED) is 0.904. The molecular formula is C14H17N3O3. The molecule has 1 aromatic heterocycles. The zero-order valence-corrected chi connectivity index (χ0v) is 11.9. The molecule has 0 aliphatic carbocycles. The minimum atomic E-state index is -1.11. The molecule has 0 unspecified atom stereocenters. The third kappa shape index (κ3) is 2.07. The van der Waals surface area contributed by atoms with Crippen molar-refractivity contribution in [2.75, 3.05) is 7.05 Å². The van der Waals surface area contributed by atoms with Gasteiger partial charge in [0, 0.05) is 7.05 Å². The first-order valence-electron chi connectivity index (χ1n) is 6.36. The Morgan fingerprint density at radius 1 is 1.40 bits per heavy atom. The summed E-state index contributed by atoms with van der Waals surface area (Å²) < 4.78 is 0. The van der Waals surface area contributed by atoms with Gasteiger partial charge in [0.05, 0.1) is 0 Å². The number of pyridine rings is 1. The molecule has 0 saturated carbocycles. The topological polar surface area (TPSA) is 82.9 Å². The first-order chi connectivity index (χ1) is 9.27. The Hall–Kier alpha value is -2.24. The van der Waals surface area contributed by atoms with Gasteiger partial charge >= 0.3 is 5.97 Å². The molecule has 20 heavy (non-hydrogen) atoms. The van der Waals surface area contributed by atoms with Gasteiger partial charge in [-0.05, 0) is 25.0 Å². The SMILES string of the molecule is CC(C)[C@]1(C)N=C(c2cccc(C(=O)O)n2)N(C)C1=O. The predicted octanol–water partition coefficient (Wildman–Crippen LogP) is 1.41. The molecule has 6 heteroatoms. The highest BCUT2D eigenvalue weighted by atomic mass is 16.4. The van der Waals surface area contributed by atoms with Gasteiger partial charge in [0.1, 0.15) is 16.9 Å². The van der Waals surface area contributed by atoms with Crippen LogP contribution < -0.4 is 0 Å². The minimum Gasteiger partial charge on any atom is -0.477 e. The molecule has 2 rings (SSSR count). The van der Waals surface area contributed by atoms with Crippen LogP contribution >= 0.6 is 0 Å². The molecule has 6 nitrogen and oxygen atoms in total. The number of carboxylic acids is 1. The fourth-order valence-electron chi connectivity index (χ4n) is 2.06. The van der Waals surface area contributed by atoms with Gasteiger partial charge in [-0.2, -0.15) is 0 Å². The number of rotatable bonds is 3. The van der Waals surface area contributed by atoms with E-state index in [1.807, 2.05) is 13.8 Å². The first-order valence-corrected chi connectivity index (χ1v) is 6.36. The Labute approximate surface area is 117 Å². The Bertz CT molecular complexity index is 609. The number of amidine groups is 1. The van der Waals surface area contributed by atoms with Crippen molar-refractivity contribution >= 4 is 17.7 Å². The second-order valence-corrected chi connectivity index (χ2v) is 5.32. The van der Waals surface area contributed by atoms with E-state index in [2.05, 4.69) is 9.98 Å². The van der Waals surface area contributed by atoms with Crippen LogP contribution in [0.5, 0.6) is 0 Å². The van der Waals surface area contributed by atoms with Crippen LogP contribution in [0, 0.1) is 5.92 Å². The van der Waals surface area contributed by atoms with Crippen LogP contribution in [-0.2, 0) is 4.79 Å². The number of amides is 1. The molecule has 0 fully saturated rings. The summed E-state index contributed by atoms with van der Waals surface area (Å²) in [6.45, 7) is 5.64. The van der Waals surface area contributed by atoms with Crippen molar-refractivity contribution in [1.29, 1.82) is 0 Å². The maximum Gasteiger partial charge on any atom is 0.354 e. The summed E-state index contributed by atoms with van der Waals surface area (Å²) in [4.78, 5) is 33.3. The zero-order valence-electron chi connectivity index (χ0n) is 11.9. The van der Waals surface area contributed by atoms with Crippen LogP contribution in [0.25, 0.3) is 0 Å². The second-order valence-electron chi connectivity index (χ2n) is 5.32. The van der Waals surface area contributed by atoms with E-state index in [1.165, 1.54) is 11.0 Å². The lowest BCUT2D eigenvalue weighted by Crippen LogP contribution is -2.42. The molecular weight excluding hydrogens is 258 g/mol. The predicted molar refractivity (Wildman–Crippen MR) is 73.7 cm³/mol. The van der Waals surface area contributed by atoms with E-state index in [0.29, 0.717) is 11.5 Å². The maximum absolute atomic E-state index is 12.3. The second kappa shape index (κ2) is 4.70. The highest BCUT2D eigenvalue weighted by molar-refractivity contribution is 6.14. The number of carboxylic acid groups (broad SMARTS) is 1. The third-order valence-corrected chi connectivity index (χ3v) is 3.72. The number of hydrogen-bond acceptors (Lipinski definition) is 4. The molecule has 106 valence electrons. The fourth-order valence-corrected chi connectivity index (χ4v) is 2.06. The lowest BCUT2D eigenvalue weighted by atomic mass is 9.89. The molecule has 1 aromatic rings. The van der Waals surface area contributed by atoms with E-state index >= 15 is 0 Å². The smallest absolute Gasteiger partial charge is 0.354 e. The Balaban J connectivity index is 2.50. The number of hydrogen-bond donors (Lipinski definition) is 1. The molecule has 0 radical (unpaired) electrons. The molecule has 0 aromatic carbocycles. The third-order valence-electron chi connectivity index (χ3n) is 3.72. The van der Waals surface area contributed by atoms with Gasteiger partial charge in [0.25, 0.3) is 5.91 Å². The van der Waals surface area contributed by atoms with Crippen molar-refractivity contribution in [1.82, 2.24) is 9.88 Å². The van der Waals surface area contributed by atoms with E-state index < -0.39 is 11.5 Å². The minimum absolute atomic E-state index is 0.0395. The summed E-state index contributed by atoms with van der Waals surface area (Å²) in [7, 11) is 1.63. The molecule has 0 saturated heterocycles. The molecule has 1 aliphatic rings. The Morgan fingerprint density at radius 2 is 2.05 bits per heavy atom. The van der Waals surface area contributed by atoms with Gasteiger partial charge in [-0.25, -0.2) is 14.8 Å². The van der Waals surface area contributed by atoms with E-state index in [9.17, 15) is 9.59 Å². The number of aromatic nitrogens is 1. The average molecular weight is 275 g/mol. The van der Waals surface area contributed by atoms with Gasteiger partial charge in [0.2, 0.25) is 0 Å². The summed E-state index contributed by atoms with van der Waals surface area (Å²) in [5.74, 6) is -0.761. The van der Waals surface area contributed by atoms with Crippen molar-refractivity contribution < 1.29 is 14.7 Å². The summed E-state index contributed by atoms with van der Waals surface area (Å²) >= 11 is 0. The van der Waals surface area contributed by atoms with Gasteiger partial charge in [-0.1, -0.05) is 19.9 Å². The van der Waals surface area contributed by atoms with E-state index in [1.54, 1.807) is 26.1 Å². The number of aromatic carboxylic acids is 1. The van der Waals surface area contributed by atoms with Crippen molar-refractivity contribution in [3.05, 3.63) is 29.6 Å². The molecule has 1 aliphatic heterocycles. The van der Waals surface area contributed by atoms with Crippen LogP contribution in [-0.4, -0.2) is 45.3 Å². The van der Waals surface area contributed by atoms with Gasteiger partial charge in [-0.3, -0.25) is 9.69 Å². The molecule has 1 N–H and O–H groups in total. The summed E-state index contributed by atoms with van der Waals surface area (Å²) in [5, 5.41) is 8.98. The molecule has 1 amide bonds. The largest absolute Gasteiger partial charge is 0.477 e. The van der Waals surface area contributed by atoms with Crippen LogP contribution in [0.15, 0.2) is 23.2 Å².